The molecule has 168 valence electrons. The van der Waals surface area contributed by atoms with Crippen LogP contribution in [0.3, 0.4) is 0 Å². The fraction of sp³-hybridized carbons (Fsp3) is 0.333. The first-order valence-corrected chi connectivity index (χ1v) is 9.94. The minimum Gasteiger partial charge on any atom is -0.465 e. The first-order chi connectivity index (χ1) is 15.3. The highest BCUT2D eigenvalue weighted by Gasteiger charge is 2.29. The molecule has 0 radical (unpaired) electrons. The second kappa shape index (κ2) is 8.50. The number of halogens is 2. The molecule has 0 saturated carbocycles. The molecule has 1 aromatic carbocycles. The molecule has 2 amide bonds. The molecular weight excluding hydrogens is 424 g/mol. The number of aryl methyl sites for hydroxylation is 1. The number of fused-ring (bicyclic) bond motifs is 1. The smallest absolute Gasteiger partial charge is 0.407 e. The lowest BCUT2D eigenvalue weighted by Gasteiger charge is -2.31. The number of morpholine rings is 1. The van der Waals surface area contributed by atoms with Gasteiger partial charge in [0.15, 0.2) is 0 Å². The molecule has 0 spiro atoms. The first kappa shape index (κ1) is 21.6. The number of carbonyl (C=O) groups excluding carboxylic acids is 1. The van der Waals surface area contributed by atoms with Crippen molar-refractivity contribution in [3.05, 3.63) is 53.0 Å². The third-order valence-electron chi connectivity index (χ3n) is 5.33. The van der Waals surface area contributed by atoms with Gasteiger partial charge in [-0.15, -0.1) is 0 Å². The highest BCUT2D eigenvalue weighted by molar-refractivity contribution is 5.94. The molecule has 1 aliphatic rings. The third-order valence-corrected chi connectivity index (χ3v) is 5.33. The number of hydrogen-bond donors (Lipinski definition) is 2. The SMILES string of the molecule is CNC(=O)c1cc(F)c(-c2nc3nc(C)ccn3c2C[C@H]2CN(C(=O)O)CCO2)c(F)c1. The zero-order valence-corrected chi connectivity index (χ0v) is 17.4. The summed E-state index contributed by atoms with van der Waals surface area (Å²) in [6, 6.07) is 3.63. The Labute approximate surface area is 181 Å². The summed E-state index contributed by atoms with van der Waals surface area (Å²) in [5.74, 6) is -2.26. The van der Waals surface area contributed by atoms with Crippen molar-refractivity contribution in [2.75, 3.05) is 26.7 Å². The molecule has 2 N–H and O–H groups in total. The van der Waals surface area contributed by atoms with Gasteiger partial charge in [-0.25, -0.2) is 23.5 Å². The predicted octanol–water partition coefficient (Wildman–Crippen LogP) is 2.26. The number of carboxylic acid groups (broad SMARTS) is 1. The average molecular weight is 445 g/mol. The number of imidazole rings is 1. The van der Waals surface area contributed by atoms with Gasteiger partial charge >= 0.3 is 6.09 Å². The van der Waals surface area contributed by atoms with Gasteiger partial charge in [0.05, 0.1) is 30.5 Å². The van der Waals surface area contributed by atoms with Crippen LogP contribution in [0.25, 0.3) is 17.0 Å². The average Bonchev–Trinajstić information content (AvgIpc) is 3.09. The van der Waals surface area contributed by atoms with Crippen molar-refractivity contribution < 1.29 is 28.2 Å². The van der Waals surface area contributed by atoms with Crippen molar-refractivity contribution in [3.8, 4) is 11.3 Å². The van der Waals surface area contributed by atoms with E-state index in [0.29, 0.717) is 11.4 Å². The van der Waals surface area contributed by atoms with Crippen LogP contribution in [0.5, 0.6) is 0 Å². The zero-order chi connectivity index (χ0) is 23.0. The van der Waals surface area contributed by atoms with Gasteiger partial charge in [-0.3, -0.25) is 9.20 Å². The minimum atomic E-state index is -1.06. The van der Waals surface area contributed by atoms with Crippen molar-refractivity contribution in [2.24, 2.45) is 0 Å². The van der Waals surface area contributed by atoms with Gasteiger partial charge in [0.25, 0.3) is 5.91 Å². The van der Waals surface area contributed by atoms with Crippen molar-refractivity contribution in [1.29, 1.82) is 0 Å². The van der Waals surface area contributed by atoms with Crippen LogP contribution in [0.1, 0.15) is 21.7 Å². The Hall–Kier alpha value is -3.60. The Morgan fingerprint density at radius 3 is 2.66 bits per heavy atom. The number of nitrogens with one attached hydrogen (secondary N) is 1. The van der Waals surface area contributed by atoms with Gasteiger partial charge in [0.2, 0.25) is 5.78 Å². The van der Waals surface area contributed by atoms with E-state index in [-0.39, 0.29) is 48.7 Å². The molecule has 11 heteroatoms. The molecule has 2 aromatic heterocycles. The Morgan fingerprint density at radius 1 is 1.28 bits per heavy atom. The number of aromatic nitrogens is 3. The molecule has 3 aromatic rings. The Balaban J connectivity index is 1.82. The number of ether oxygens (including phenoxy) is 1. The molecule has 1 atom stereocenters. The van der Waals surface area contributed by atoms with Crippen molar-refractivity contribution in [3.63, 3.8) is 0 Å². The normalized spacial score (nSPS) is 16.4. The first-order valence-electron chi connectivity index (χ1n) is 9.94. The second-order valence-electron chi connectivity index (χ2n) is 7.47. The molecule has 3 heterocycles. The lowest BCUT2D eigenvalue weighted by atomic mass is 10.0. The topological polar surface area (TPSA) is 109 Å². The molecule has 0 bridgehead atoms. The summed E-state index contributed by atoms with van der Waals surface area (Å²) in [6.45, 7) is 2.34. The summed E-state index contributed by atoms with van der Waals surface area (Å²) >= 11 is 0. The van der Waals surface area contributed by atoms with Crippen LogP contribution in [0, 0.1) is 18.6 Å². The number of amides is 2. The lowest BCUT2D eigenvalue weighted by molar-refractivity contribution is -0.0214. The van der Waals surface area contributed by atoms with E-state index in [2.05, 4.69) is 15.3 Å². The fourth-order valence-corrected chi connectivity index (χ4v) is 3.77. The van der Waals surface area contributed by atoms with Crippen LogP contribution in [0.15, 0.2) is 24.4 Å². The van der Waals surface area contributed by atoms with Crippen LogP contribution in [0.4, 0.5) is 13.6 Å². The number of benzene rings is 1. The molecule has 9 nitrogen and oxygen atoms in total. The third kappa shape index (κ3) is 3.98. The van der Waals surface area contributed by atoms with Crippen molar-refractivity contribution in [1.82, 2.24) is 24.6 Å². The van der Waals surface area contributed by atoms with E-state index in [1.807, 2.05) is 0 Å². The molecular formula is C21H21F2N5O4. The standard InChI is InChI=1S/C21H21F2N5O4/c1-11-3-4-28-16(9-13-10-27(21(30)31)5-6-32-13)18(26-20(28)25-11)17-14(22)7-12(8-15(17)23)19(29)24-2/h3-4,7-8,13H,5-6,9-10H2,1-2H3,(H,24,29)(H,30,31)/t13-/m0/s1. The summed E-state index contributed by atoms with van der Waals surface area (Å²) in [5, 5.41) is 11.6. The highest BCUT2D eigenvalue weighted by Crippen LogP contribution is 2.31. The maximum absolute atomic E-state index is 15.0. The molecule has 32 heavy (non-hydrogen) atoms. The van der Waals surface area contributed by atoms with Gasteiger partial charge in [-0.2, -0.15) is 0 Å². The summed E-state index contributed by atoms with van der Waals surface area (Å²) in [4.78, 5) is 33.1. The van der Waals surface area contributed by atoms with Crippen molar-refractivity contribution in [2.45, 2.75) is 19.4 Å². The quantitative estimate of drug-likeness (QED) is 0.638. The van der Waals surface area contributed by atoms with Gasteiger partial charge in [-0.1, -0.05) is 0 Å². The molecule has 0 aliphatic carbocycles. The number of nitrogens with zero attached hydrogens (tertiary/aromatic N) is 4. The maximum Gasteiger partial charge on any atom is 0.407 e. The van der Waals surface area contributed by atoms with Crippen LogP contribution >= 0.6 is 0 Å². The Kier molecular flexibility index (Phi) is 5.74. The summed E-state index contributed by atoms with van der Waals surface area (Å²) in [6.07, 6.45) is 0.254. The van der Waals surface area contributed by atoms with E-state index >= 15 is 8.78 Å². The second-order valence-corrected chi connectivity index (χ2v) is 7.47. The van der Waals surface area contributed by atoms with Crippen LogP contribution in [0.2, 0.25) is 0 Å². The van der Waals surface area contributed by atoms with Crippen LogP contribution < -0.4 is 5.32 Å². The van der Waals surface area contributed by atoms with Crippen molar-refractivity contribution >= 4 is 17.8 Å². The summed E-state index contributed by atoms with van der Waals surface area (Å²) in [7, 11) is 1.37. The van der Waals surface area contributed by atoms with E-state index < -0.39 is 29.7 Å². The minimum absolute atomic E-state index is 0.0256. The number of carbonyl (C=O) groups is 2. The van der Waals surface area contributed by atoms with E-state index in [9.17, 15) is 14.7 Å². The van der Waals surface area contributed by atoms with E-state index in [1.54, 1.807) is 23.6 Å². The van der Waals surface area contributed by atoms with E-state index in [1.165, 1.54) is 11.9 Å². The van der Waals surface area contributed by atoms with Gasteiger partial charge in [-0.05, 0) is 25.1 Å². The summed E-state index contributed by atoms with van der Waals surface area (Å²) in [5.41, 5.74) is 0.579. The van der Waals surface area contributed by atoms with Crippen LogP contribution in [-0.2, 0) is 11.2 Å². The monoisotopic (exact) mass is 445 g/mol. The van der Waals surface area contributed by atoms with Gasteiger partial charge in [0.1, 0.15) is 17.3 Å². The number of rotatable bonds is 4. The predicted molar refractivity (Wildman–Crippen MR) is 110 cm³/mol. The van der Waals surface area contributed by atoms with Gasteiger partial charge in [0, 0.05) is 37.5 Å². The van der Waals surface area contributed by atoms with E-state index in [0.717, 1.165) is 12.1 Å². The Morgan fingerprint density at radius 2 is 2.00 bits per heavy atom. The maximum atomic E-state index is 15.0. The zero-order valence-electron chi connectivity index (χ0n) is 17.4. The molecule has 1 fully saturated rings. The molecule has 0 unspecified atom stereocenters. The lowest BCUT2D eigenvalue weighted by Crippen LogP contribution is -2.45. The van der Waals surface area contributed by atoms with Gasteiger partial charge < -0.3 is 20.1 Å². The fourth-order valence-electron chi connectivity index (χ4n) is 3.77. The summed E-state index contributed by atoms with van der Waals surface area (Å²) < 4.78 is 37.4. The number of hydrogen-bond acceptors (Lipinski definition) is 5. The molecule has 1 saturated heterocycles. The Bertz CT molecular complexity index is 1190. The highest BCUT2D eigenvalue weighted by atomic mass is 19.1. The van der Waals surface area contributed by atoms with Crippen LogP contribution in [-0.4, -0.2) is 69.2 Å². The van der Waals surface area contributed by atoms with E-state index in [4.69, 9.17) is 4.74 Å². The molecule has 4 rings (SSSR count). The largest absolute Gasteiger partial charge is 0.465 e. The molecule has 1 aliphatic heterocycles.